The fraction of sp³-hybridized carbons (Fsp3) is 0.562. The molecule has 1 fully saturated rings. The second kappa shape index (κ2) is 5.74. The number of nitrogens with zero attached hydrogens (tertiary/aromatic N) is 3. The Hall–Kier alpha value is -1.35. The monoisotopic (exact) mass is 257 g/mol. The molecule has 3 rings (SSSR count). The van der Waals surface area contributed by atoms with Gasteiger partial charge in [-0.05, 0) is 51.0 Å². The maximum atomic E-state index is 4.73. The molecule has 19 heavy (non-hydrogen) atoms. The molecule has 3 nitrogen and oxygen atoms in total. The van der Waals surface area contributed by atoms with Gasteiger partial charge in [-0.3, -0.25) is 0 Å². The third-order valence-electron chi connectivity index (χ3n) is 4.10. The Bertz CT molecular complexity index is 538. The van der Waals surface area contributed by atoms with Gasteiger partial charge in [0.2, 0.25) is 0 Å². The Morgan fingerprint density at radius 2 is 1.89 bits per heavy atom. The molecule has 2 heterocycles. The van der Waals surface area contributed by atoms with Crippen molar-refractivity contribution < 1.29 is 0 Å². The van der Waals surface area contributed by atoms with Crippen LogP contribution in [-0.4, -0.2) is 34.1 Å². The zero-order valence-electron chi connectivity index (χ0n) is 11.8. The van der Waals surface area contributed by atoms with E-state index in [-0.39, 0.29) is 0 Å². The van der Waals surface area contributed by atoms with Crippen LogP contribution < -0.4 is 0 Å². The summed E-state index contributed by atoms with van der Waals surface area (Å²) in [5, 5.41) is 0. The molecule has 3 heteroatoms. The Kier molecular flexibility index (Phi) is 3.83. The summed E-state index contributed by atoms with van der Waals surface area (Å²) in [5.74, 6) is 1.22. The van der Waals surface area contributed by atoms with E-state index in [1.165, 1.54) is 50.2 Å². The van der Waals surface area contributed by atoms with Crippen LogP contribution in [0.5, 0.6) is 0 Å². The van der Waals surface area contributed by atoms with Crippen LogP contribution in [0.25, 0.3) is 11.0 Å². The van der Waals surface area contributed by atoms with Crippen molar-refractivity contribution in [1.82, 2.24) is 14.5 Å². The van der Waals surface area contributed by atoms with Gasteiger partial charge in [0.15, 0.2) is 0 Å². The summed E-state index contributed by atoms with van der Waals surface area (Å²) in [4.78, 5) is 7.32. The van der Waals surface area contributed by atoms with E-state index in [1.54, 1.807) is 0 Å². The standard InChI is InChI=1S/C16H23N3/c1-2-16-17-14-8-3-4-9-15(14)19(16)13-7-12-18-10-5-6-11-18/h3-4,8-9H,2,5-7,10-13H2,1H3. The number of rotatable bonds is 5. The topological polar surface area (TPSA) is 21.1 Å². The minimum absolute atomic E-state index is 1.01. The van der Waals surface area contributed by atoms with Crippen molar-refractivity contribution in [2.24, 2.45) is 0 Å². The molecule has 102 valence electrons. The lowest BCUT2D eigenvalue weighted by atomic mass is 10.3. The average Bonchev–Trinajstić information content (AvgIpc) is 3.06. The number of fused-ring (bicyclic) bond motifs is 1. The molecule has 0 spiro atoms. The second-order valence-electron chi connectivity index (χ2n) is 5.42. The lowest BCUT2D eigenvalue weighted by molar-refractivity contribution is 0.325. The van der Waals surface area contributed by atoms with Gasteiger partial charge in [0.05, 0.1) is 11.0 Å². The van der Waals surface area contributed by atoms with Gasteiger partial charge >= 0.3 is 0 Å². The highest BCUT2D eigenvalue weighted by molar-refractivity contribution is 5.75. The van der Waals surface area contributed by atoms with Crippen molar-refractivity contribution in [3.05, 3.63) is 30.1 Å². The number of benzene rings is 1. The van der Waals surface area contributed by atoms with Gasteiger partial charge in [-0.25, -0.2) is 4.98 Å². The summed E-state index contributed by atoms with van der Waals surface area (Å²) in [6, 6.07) is 8.49. The van der Waals surface area contributed by atoms with Gasteiger partial charge in [0.1, 0.15) is 5.82 Å². The summed E-state index contributed by atoms with van der Waals surface area (Å²) in [6.45, 7) is 7.12. The quantitative estimate of drug-likeness (QED) is 0.820. The molecule has 1 aromatic heterocycles. The largest absolute Gasteiger partial charge is 0.328 e. The second-order valence-corrected chi connectivity index (χ2v) is 5.42. The van der Waals surface area contributed by atoms with Crippen molar-refractivity contribution in [1.29, 1.82) is 0 Å². The van der Waals surface area contributed by atoms with Crippen molar-refractivity contribution >= 4 is 11.0 Å². The first-order chi connectivity index (χ1) is 9.38. The third-order valence-corrected chi connectivity index (χ3v) is 4.10. The van der Waals surface area contributed by atoms with Gasteiger partial charge in [-0.15, -0.1) is 0 Å². The normalized spacial score (nSPS) is 16.5. The molecule has 0 unspecified atom stereocenters. The number of aromatic nitrogens is 2. The highest BCUT2D eigenvalue weighted by atomic mass is 15.1. The number of aryl methyl sites for hydroxylation is 2. The Balaban J connectivity index is 1.71. The lowest BCUT2D eigenvalue weighted by Crippen LogP contribution is -2.21. The first kappa shape index (κ1) is 12.7. The average molecular weight is 257 g/mol. The van der Waals surface area contributed by atoms with E-state index >= 15 is 0 Å². The fourth-order valence-corrected chi connectivity index (χ4v) is 3.10. The summed E-state index contributed by atoms with van der Waals surface area (Å²) in [7, 11) is 0. The zero-order valence-corrected chi connectivity index (χ0v) is 11.8. The van der Waals surface area contributed by atoms with Crippen LogP contribution in [0.1, 0.15) is 32.0 Å². The van der Waals surface area contributed by atoms with Gasteiger partial charge in [0, 0.05) is 13.0 Å². The highest BCUT2D eigenvalue weighted by Crippen LogP contribution is 2.17. The predicted molar refractivity (Wildman–Crippen MR) is 79.4 cm³/mol. The molecule has 0 saturated carbocycles. The molecule has 2 aromatic rings. The maximum Gasteiger partial charge on any atom is 0.109 e. The molecule has 1 aromatic carbocycles. The molecule has 1 saturated heterocycles. The smallest absolute Gasteiger partial charge is 0.109 e. The number of hydrogen-bond acceptors (Lipinski definition) is 2. The van der Waals surface area contributed by atoms with Gasteiger partial charge in [0.25, 0.3) is 0 Å². The molecule has 0 atom stereocenters. The Morgan fingerprint density at radius 3 is 2.68 bits per heavy atom. The lowest BCUT2D eigenvalue weighted by Gasteiger charge is -2.15. The van der Waals surface area contributed by atoms with E-state index in [4.69, 9.17) is 4.98 Å². The Morgan fingerprint density at radius 1 is 1.11 bits per heavy atom. The number of para-hydroxylation sites is 2. The first-order valence-electron chi connectivity index (χ1n) is 7.55. The van der Waals surface area contributed by atoms with E-state index in [2.05, 4.69) is 40.7 Å². The summed E-state index contributed by atoms with van der Waals surface area (Å²) < 4.78 is 2.41. The molecule has 0 radical (unpaired) electrons. The summed E-state index contributed by atoms with van der Waals surface area (Å²) >= 11 is 0. The number of hydrogen-bond donors (Lipinski definition) is 0. The SMILES string of the molecule is CCc1nc2ccccc2n1CCCN1CCCC1. The molecule has 0 N–H and O–H groups in total. The van der Waals surface area contributed by atoms with Crippen LogP contribution in [0.15, 0.2) is 24.3 Å². The maximum absolute atomic E-state index is 4.73. The minimum Gasteiger partial charge on any atom is -0.328 e. The summed E-state index contributed by atoms with van der Waals surface area (Å²) in [6.07, 6.45) is 5.01. The number of likely N-dealkylation sites (tertiary alicyclic amines) is 1. The summed E-state index contributed by atoms with van der Waals surface area (Å²) in [5.41, 5.74) is 2.43. The predicted octanol–water partition coefficient (Wildman–Crippen LogP) is 3.08. The van der Waals surface area contributed by atoms with E-state index < -0.39 is 0 Å². The zero-order chi connectivity index (χ0) is 13.1. The van der Waals surface area contributed by atoms with Crippen molar-refractivity contribution in [2.75, 3.05) is 19.6 Å². The van der Waals surface area contributed by atoms with E-state index in [0.29, 0.717) is 0 Å². The van der Waals surface area contributed by atoms with E-state index in [1.807, 2.05) is 0 Å². The van der Waals surface area contributed by atoms with Crippen LogP contribution >= 0.6 is 0 Å². The molecular weight excluding hydrogens is 234 g/mol. The minimum atomic E-state index is 1.01. The van der Waals surface area contributed by atoms with Gasteiger partial charge < -0.3 is 9.47 Å². The Labute approximate surface area is 115 Å². The molecule has 0 bridgehead atoms. The third kappa shape index (κ3) is 2.66. The molecule has 0 amide bonds. The van der Waals surface area contributed by atoms with E-state index in [0.717, 1.165) is 18.5 Å². The molecule has 1 aliphatic heterocycles. The van der Waals surface area contributed by atoms with E-state index in [9.17, 15) is 0 Å². The number of imidazole rings is 1. The molecule has 1 aliphatic rings. The fourth-order valence-electron chi connectivity index (χ4n) is 3.10. The van der Waals surface area contributed by atoms with Gasteiger partial charge in [-0.2, -0.15) is 0 Å². The molecule has 0 aliphatic carbocycles. The first-order valence-corrected chi connectivity index (χ1v) is 7.55. The van der Waals surface area contributed by atoms with Crippen molar-refractivity contribution in [2.45, 2.75) is 39.2 Å². The van der Waals surface area contributed by atoms with Crippen molar-refractivity contribution in [3.8, 4) is 0 Å². The van der Waals surface area contributed by atoms with Crippen LogP contribution in [0.3, 0.4) is 0 Å². The highest BCUT2D eigenvalue weighted by Gasteiger charge is 2.12. The van der Waals surface area contributed by atoms with Crippen LogP contribution in [0.4, 0.5) is 0 Å². The van der Waals surface area contributed by atoms with Gasteiger partial charge in [-0.1, -0.05) is 19.1 Å². The van der Waals surface area contributed by atoms with Crippen LogP contribution in [-0.2, 0) is 13.0 Å². The molecular formula is C16H23N3. The van der Waals surface area contributed by atoms with Crippen LogP contribution in [0, 0.1) is 0 Å². The van der Waals surface area contributed by atoms with Crippen LogP contribution in [0.2, 0.25) is 0 Å². The van der Waals surface area contributed by atoms with Crippen molar-refractivity contribution in [3.63, 3.8) is 0 Å².